The van der Waals surface area contributed by atoms with Crippen LogP contribution in [-0.2, 0) is 5.60 Å². The highest BCUT2D eigenvalue weighted by molar-refractivity contribution is 5.25. The highest BCUT2D eigenvalue weighted by Crippen LogP contribution is 2.42. The number of aliphatic hydroxyl groups is 1. The van der Waals surface area contributed by atoms with Gasteiger partial charge >= 0.3 is 0 Å². The molecule has 1 aromatic rings. The number of hydrogen-bond acceptors (Lipinski definition) is 1. The van der Waals surface area contributed by atoms with Gasteiger partial charge in [-0.2, -0.15) is 0 Å². The summed E-state index contributed by atoms with van der Waals surface area (Å²) in [5, 5.41) is 10.6. The standard InChI is InChI=1S/C14H18F2O/c1-9-5-6-14(17,8-10(9)2)11-3-4-12(15)13(16)7-11/h3-4,7,9-10,17H,5-6,8H2,1-2H3. The second kappa shape index (κ2) is 4.37. The minimum atomic E-state index is -1.000. The molecule has 2 rings (SSSR count). The largest absolute Gasteiger partial charge is 0.385 e. The first-order valence-electron chi connectivity index (χ1n) is 6.10. The molecule has 1 fully saturated rings. The fraction of sp³-hybridized carbons (Fsp3) is 0.571. The highest BCUT2D eigenvalue weighted by atomic mass is 19.2. The fourth-order valence-electron chi connectivity index (χ4n) is 2.63. The molecule has 0 saturated heterocycles. The molecule has 0 aromatic heterocycles. The molecule has 1 N–H and O–H groups in total. The van der Waals surface area contributed by atoms with Crippen LogP contribution in [0, 0.1) is 23.5 Å². The van der Waals surface area contributed by atoms with Crippen LogP contribution in [-0.4, -0.2) is 5.11 Å². The molecule has 1 aromatic carbocycles. The van der Waals surface area contributed by atoms with Gasteiger partial charge in [0.15, 0.2) is 11.6 Å². The summed E-state index contributed by atoms with van der Waals surface area (Å²) in [6, 6.07) is 3.70. The van der Waals surface area contributed by atoms with Gasteiger partial charge in [-0.25, -0.2) is 8.78 Å². The molecule has 3 unspecified atom stereocenters. The van der Waals surface area contributed by atoms with E-state index in [1.807, 2.05) is 0 Å². The summed E-state index contributed by atoms with van der Waals surface area (Å²) in [7, 11) is 0. The SMILES string of the molecule is CC1CCC(O)(c2ccc(F)c(F)c2)CC1C. The summed E-state index contributed by atoms with van der Waals surface area (Å²) in [5.41, 5.74) is -0.504. The third-order valence-electron chi connectivity index (χ3n) is 4.10. The van der Waals surface area contributed by atoms with Gasteiger partial charge in [-0.15, -0.1) is 0 Å². The van der Waals surface area contributed by atoms with Crippen LogP contribution >= 0.6 is 0 Å². The second-order valence-corrected chi connectivity index (χ2v) is 5.36. The van der Waals surface area contributed by atoms with E-state index in [0.29, 0.717) is 30.2 Å². The van der Waals surface area contributed by atoms with Crippen molar-refractivity contribution in [3.63, 3.8) is 0 Å². The van der Waals surface area contributed by atoms with E-state index in [2.05, 4.69) is 13.8 Å². The zero-order chi connectivity index (χ0) is 12.6. The molecule has 3 atom stereocenters. The molecule has 1 saturated carbocycles. The topological polar surface area (TPSA) is 20.2 Å². The first kappa shape index (κ1) is 12.5. The van der Waals surface area contributed by atoms with E-state index < -0.39 is 17.2 Å². The lowest BCUT2D eigenvalue weighted by Crippen LogP contribution is -2.35. The molecule has 1 aliphatic rings. The van der Waals surface area contributed by atoms with Gasteiger partial charge in [-0.1, -0.05) is 19.9 Å². The van der Waals surface area contributed by atoms with Crippen molar-refractivity contribution in [3.05, 3.63) is 35.4 Å². The van der Waals surface area contributed by atoms with Gasteiger partial charge in [0.1, 0.15) is 0 Å². The molecular formula is C14H18F2O. The van der Waals surface area contributed by atoms with Crippen molar-refractivity contribution in [1.82, 2.24) is 0 Å². The van der Waals surface area contributed by atoms with Crippen LogP contribution in [0.25, 0.3) is 0 Å². The van der Waals surface area contributed by atoms with Gasteiger partial charge in [0.2, 0.25) is 0 Å². The third kappa shape index (κ3) is 2.34. The lowest BCUT2D eigenvalue weighted by molar-refractivity contribution is -0.0338. The Balaban J connectivity index is 2.29. The third-order valence-corrected chi connectivity index (χ3v) is 4.10. The van der Waals surface area contributed by atoms with Crippen molar-refractivity contribution in [1.29, 1.82) is 0 Å². The van der Waals surface area contributed by atoms with E-state index in [1.54, 1.807) is 0 Å². The van der Waals surface area contributed by atoms with Gasteiger partial charge in [-0.3, -0.25) is 0 Å². The van der Waals surface area contributed by atoms with Crippen LogP contribution in [0.2, 0.25) is 0 Å². The predicted molar refractivity (Wildman–Crippen MR) is 62.4 cm³/mol. The first-order valence-corrected chi connectivity index (χ1v) is 6.10. The molecule has 0 heterocycles. The molecule has 17 heavy (non-hydrogen) atoms. The Morgan fingerprint density at radius 1 is 1.18 bits per heavy atom. The highest BCUT2D eigenvalue weighted by Gasteiger charge is 2.37. The summed E-state index contributed by atoms with van der Waals surface area (Å²) in [5.74, 6) is -0.792. The Bertz CT molecular complexity index is 419. The Labute approximate surface area is 100 Å². The smallest absolute Gasteiger partial charge is 0.159 e. The molecule has 0 radical (unpaired) electrons. The maximum Gasteiger partial charge on any atom is 0.159 e. The molecule has 0 spiro atoms. The zero-order valence-electron chi connectivity index (χ0n) is 10.2. The van der Waals surface area contributed by atoms with Gasteiger partial charge in [0.25, 0.3) is 0 Å². The summed E-state index contributed by atoms with van der Waals surface area (Å²) < 4.78 is 26.1. The van der Waals surface area contributed by atoms with E-state index in [0.717, 1.165) is 18.6 Å². The van der Waals surface area contributed by atoms with Crippen LogP contribution in [0.3, 0.4) is 0 Å². The fourth-order valence-corrected chi connectivity index (χ4v) is 2.63. The zero-order valence-corrected chi connectivity index (χ0v) is 10.2. The maximum absolute atomic E-state index is 13.2. The minimum absolute atomic E-state index is 0.391. The minimum Gasteiger partial charge on any atom is -0.385 e. The van der Waals surface area contributed by atoms with E-state index in [9.17, 15) is 13.9 Å². The van der Waals surface area contributed by atoms with Gasteiger partial charge < -0.3 is 5.11 Å². The van der Waals surface area contributed by atoms with Gasteiger partial charge in [-0.05, 0) is 48.8 Å². The van der Waals surface area contributed by atoms with Crippen molar-refractivity contribution in [3.8, 4) is 0 Å². The van der Waals surface area contributed by atoms with Crippen molar-refractivity contribution >= 4 is 0 Å². The monoisotopic (exact) mass is 240 g/mol. The molecule has 0 aliphatic heterocycles. The van der Waals surface area contributed by atoms with Crippen molar-refractivity contribution < 1.29 is 13.9 Å². The Morgan fingerprint density at radius 3 is 2.47 bits per heavy atom. The summed E-state index contributed by atoms with van der Waals surface area (Å²) in [6.07, 6.45) is 2.14. The van der Waals surface area contributed by atoms with E-state index in [-0.39, 0.29) is 0 Å². The van der Waals surface area contributed by atoms with Crippen LogP contribution < -0.4 is 0 Å². The molecular weight excluding hydrogens is 222 g/mol. The van der Waals surface area contributed by atoms with Crippen molar-refractivity contribution in [2.45, 2.75) is 38.7 Å². The number of halogens is 2. The van der Waals surface area contributed by atoms with Crippen LogP contribution in [0.5, 0.6) is 0 Å². The van der Waals surface area contributed by atoms with Crippen LogP contribution in [0.1, 0.15) is 38.7 Å². The van der Waals surface area contributed by atoms with E-state index >= 15 is 0 Å². The first-order chi connectivity index (χ1) is 7.92. The molecule has 94 valence electrons. The average Bonchev–Trinajstić information content (AvgIpc) is 2.28. The van der Waals surface area contributed by atoms with E-state index in [4.69, 9.17) is 0 Å². The predicted octanol–water partition coefficient (Wildman–Crippen LogP) is 3.61. The van der Waals surface area contributed by atoms with Crippen LogP contribution in [0.15, 0.2) is 18.2 Å². The maximum atomic E-state index is 13.2. The molecule has 0 bridgehead atoms. The molecule has 3 heteroatoms. The normalized spacial score (nSPS) is 33.7. The number of hydrogen-bond donors (Lipinski definition) is 1. The summed E-state index contributed by atoms with van der Waals surface area (Å²) in [6.45, 7) is 4.25. The summed E-state index contributed by atoms with van der Waals surface area (Å²) in [4.78, 5) is 0. The molecule has 0 amide bonds. The van der Waals surface area contributed by atoms with Gasteiger partial charge in [0.05, 0.1) is 5.60 Å². The lowest BCUT2D eigenvalue weighted by Gasteiger charge is -2.39. The number of rotatable bonds is 1. The van der Waals surface area contributed by atoms with Crippen molar-refractivity contribution in [2.75, 3.05) is 0 Å². The Morgan fingerprint density at radius 2 is 1.88 bits per heavy atom. The average molecular weight is 240 g/mol. The van der Waals surface area contributed by atoms with Crippen molar-refractivity contribution in [2.24, 2.45) is 11.8 Å². The number of benzene rings is 1. The van der Waals surface area contributed by atoms with E-state index in [1.165, 1.54) is 6.07 Å². The summed E-state index contributed by atoms with van der Waals surface area (Å²) >= 11 is 0. The van der Waals surface area contributed by atoms with Gasteiger partial charge in [0, 0.05) is 0 Å². The molecule has 1 aliphatic carbocycles. The second-order valence-electron chi connectivity index (χ2n) is 5.36. The Hall–Kier alpha value is -0.960. The molecule has 1 nitrogen and oxygen atoms in total. The van der Waals surface area contributed by atoms with Crippen LogP contribution in [0.4, 0.5) is 8.78 Å². The Kier molecular flexibility index (Phi) is 3.21. The lowest BCUT2D eigenvalue weighted by atomic mass is 9.70. The quantitative estimate of drug-likeness (QED) is 0.795.